The molecule has 1 spiro atoms. The average molecular weight is 479 g/mol. The minimum Gasteiger partial charge on any atom is -0.352 e. The fourth-order valence-electron chi connectivity index (χ4n) is 6.27. The van der Waals surface area contributed by atoms with Crippen molar-refractivity contribution in [2.45, 2.75) is 76.8 Å². The Morgan fingerprint density at radius 2 is 2.00 bits per heavy atom. The summed E-state index contributed by atoms with van der Waals surface area (Å²) in [6, 6.07) is 5.60. The summed E-state index contributed by atoms with van der Waals surface area (Å²) in [4.78, 5) is 24.0. The largest absolute Gasteiger partial charge is 0.352 e. The van der Waals surface area contributed by atoms with E-state index in [4.69, 9.17) is 24.0 Å². The van der Waals surface area contributed by atoms with Gasteiger partial charge in [-0.1, -0.05) is 26.0 Å². The number of carbonyl (C=O) groups is 1. The van der Waals surface area contributed by atoms with Crippen LogP contribution in [0, 0.1) is 29.5 Å². The molecule has 5 fully saturated rings. The highest BCUT2D eigenvalue weighted by Gasteiger charge is 2.69. The summed E-state index contributed by atoms with van der Waals surface area (Å²) in [5.74, 6) is -0.123. The highest BCUT2D eigenvalue weighted by Crippen LogP contribution is 2.60. The van der Waals surface area contributed by atoms with E-state index >= 15 is 0 Å². The first-order valence-electron chi connectivity index (χ1n) is 12.4. The second-order valence-electron chi connectivity index (χ2n) is 10.4. The maximum Gasteiger partial charge on any atom is 0.319 e. The molecule has 1 aromatic rings. The van der Waals surface area contributed by atoms with E-state index < -0.39 is 35.8 Å². The SMILES string of the molecule is C[C@H]1[C@H](OCCCNC(=O)Nc2ccccc2F)O[C@@H]2O[C@]3(C)CC[C@H]4[C@H](C)CC[C@@H]1[C@@]24OO3. The predicted molar refractivity (Wildman–Crippen MR) is 121 cm³/mol. The average Bonchev–Trinajstić information content (AvgIpc) is 3.04. The number of hydrogen-bond acceptors (Lipinski definition) is 6. The van der Waals surface area contributed by atoms with Crippen molar-refractivity contribution >= 4 is 11.7 Å². The van der Waals surface area contributed by atoms with Gasteiger partial charge in [0.25, 0.3) is 0 Å². The first-order valence-corrected chi connectivity index (χ1v) is 12.4. The van der Waals surface area contributed by atoms with Gasteiger partial charge in [0.05, 0.1) is 12.3 Å². The quantitative estimate of drug-likeness (QED) is 0.460. The Morgan fingerprint density at radius 1 is 1.18 bits per heavy atom. The molecule has 5 aliphatic rings. The zero-order chi connectivity index (χ0) is 23.9. The Labute approximate surface area is 199 Å². The van der Waals surface area contributed by atoms with E-state index in [0.29, 0.717) is 31.4 Å². The molecule has 6 rings (SSSR count). The van der Waals surface area contributed by atoms with Gasteiger partial charge in [-0.2, -0.15) is 0 Å². The van der Waals surface area contributed by atoms with Crippen molar-refractivity contribution in [3.05, 3.63) is 30.1 Å². The van der Waals surface area contributed by atoms with Gasteiger partial charge >= 0.3 is 6.03 Å². The third kappa shape index (κ3) is 4.22. The number of benzene rings is 1. The molecule has 2 amide bonds. The first kappa shape index (κ1) is 23.9. The highest BCUT2D eigenvalue weighted by molar-refractivity contribution is 5.89. The number of urea groups is 1. The van der Waals surface area contributed by atoms with Crippen LogP contribution >= 0.6 is 0 Å². The molecule has 0 unspecified atom stereocenters. The van der Waals surface area contributed by atoms with Gasteiger partial charge in [0.15, 0.2) is 18.2 Å². The topological polar surface area (TPSA) is 87.3 Å². The fourth-order valence-corrected chi connectivity index (χ4v) is 6.27. The van der Waals surface area contributed by atoms with Crippen LogP contribution in [0.5, 0.6) is 0 Å². The van der Waals surface area contributed by atoms with E-state index in [0.717, 1.165) is 25.7 Å². The second kappa shape index (κ2) is 9.35. The van der Waals surface area contributed by atoms with Gasteiger partial charge in [-0.15, -0.1) is 0 Å². The van der Waals surface area contributed by atoms with Crippen molar-refractivity contribution in [3.63, 3.8) is 0 Å². The van der Waals surface area contributed by atoms with Gasteiger partial charge < -0.3 is 24.8 Å². The Hall–Kier alpha value is -1.78. The number of amides is 2. The maximum absolute atomic E-state index is 13.7. The number of ether oxygens (including phenoxy) is 3. The number of fused-ring (bicyclic) bond motifs is 2. The predicted octanol–water partition coefficient (Wildman–Crippen LogP) is 4.56. The lowest BCUT2D eigenvalue weighted by atomic mass is 9.58. The van der Waals surface area contributed by atoms with Gasteiger partial charge in [0.1, 0.15) is 5.82 Å². The number of nitrogens with one attached hydrogen (secondary N) is 2. The summed E-state index contributed by atoms with van der Waals surface area (Å²) in [5, 5.41) is 5.24. The van der Waals surface area contributed by atoms with E-state index in [9.17, 15) is 9.18 Å². The number of halogens is 1. The van der Waals surface area contributed by atoms with E-state index in [2.05, 4.69) is 24.5 Å². The molecule has 1 aromatic carbocycles. The minimum atomic E-state index is -0.807. The number of hydrogen-bond donors (Lipinski definition) is 2. The summed E-state index contributed by atoms with van der Waals surface area (Å²) >= 11 is 0. The van der Waals surface area contributed by atoms with Crippen LogP contribution in [0.1, 0.15) is 52.9 Å². The van der Waals surface area contributed by atoms with Crippen LogP contribution < -0.4 is 10.6 Å². The molecule has 4 saturated heterocycles. The van der Waals surface area contributed by atoms with E-state index in [1.165, 1.54) is 12.1 Å². The molecule has 8 atom stereocenters. The lowest BCUT2D eigenvalue weighted by Crippen LogP contribution is -2.70. The van der Waals surface area contributed by atoms with Crippen LogP contribution in [0.4, 0.5) is 14.9 Å². The zero-order valence-electron chi connectivity index (χ0n) is 20.1. The smallest absolute Gasteiger partial charge is 0.319 e. The lowest BCUT2D eigenvalue weighted by molar-refractivity contribution is -0.577. The summed E-state index contributed by atoms with van der Waals surface area (Å²) in [7, 11) is 0. The zero-order valence-corrected chi connectivity index (χ0v) is 20.1. The molecule has 0 radical (unpaired) electrons. The molecule has 4 heterocycles. The van der Waals surface area contributed by atoms with Crippen molar-refractivity contribution in [1.82, 2.24) is 5.32 Å². The van der Waals surface area contributed by atoms with E-state index in [-0.39, 0.29) is 17.5 Å². The van der Waals surface area contributed by atoms with E-state index in [1.807, 2.05) is 6.92 Å². The molecule has 2 N–H and O–H groups in total. The molecule has 1 aliphatic carbocycles. The second-order valence-corrected chi connectivity index (χ2v) is 10.4. The van der Waals surface area contributed by atoms with Gasteiger partial charge in [0, 0.05) is 24.8 Å². The highest BCUT2D eigenvalue weighted by atomic mass is 19.1. The van der Waals surface area contributed by atoms with Crippen molar-refractivity contribution in [3.8, 4) is 0 Å². The summed E-state index contributed by atoms with van der Waals surface area (Å²) in [6.45, 7) is 7.15. The minimum absolute atomic E-state index is 0.109. The fraction of sp³-hybridized carbons (Fsp3) is 0.720. The molecule has 8 nitrogen and oxygen atoms in total. The van der Waals surface area contributed by atoms with Crippen molar-refractivity contribution in [1.29, 1.82) is 0 Å². The summed E-state index contributed by atoms with van der Waals surface area (Å²) in [5.41, 5.74) is -0.452. The summed E-state index contributed by atoms with van der Waals surface area (Å²) in [6.07, 6.45) is 3.56. The Morgan fingerprint density at radius 3 is 2.82 bits per heavy atom. The Bertz CT molecular complexity index is 904. The molecular weight excluding hydrogens is 443 g/mol. The van der Waals surface area contributed by atoms with Crippen LogP contribution in [0.15, 0.2) is 24.3 Å². The molecular formula is C25H35FN2O6. The Balaban J connectivity index is 1.15. The Kier molecular flexibility index (Phi) is 6.58. The molecule has 0 aromatic heterocycles. The molecule has 188 valence electrons. The van der Waals surface area contributed by atoms with Crippen LogP contribution in [-0.4, -0.2) is 43.2 Å². The van der Waals surface area contributed by atoms with E-state index in [1.54, 1.807) is 12.1 Å². The molecule has 34 heavy (non-hydrogen) atoms. The third-order valence-corrected chi connectivity index (χ3v) is 8.11. The molecule has 2 bridgehead atoms. The maximum atomic E-state index is 13.7. The van der Waals surface area contributed by atoms with Gasteiger partial charge in [-0.3, -0.25) is 0 Å². The monoisotopic (exact) mass is 478 g/mol. The van der Waals surface area contributed by atoms with Crippen LogP contribution in [0.25, 0.3) is 0 Å². The normalized spacial score (nSPS) is 40.8. The molecule has 4 aliphatic heterocycles. The number of para-hydroxylation sites is 1. The number of anilines is 1. The number of rotatable bonds is 6. The van der Waals surface area contributed by atoms with Crippen molar-refractivity contribution in [2.24, 2.45) is 23.7 Å². The van der Waals surface area contributed by atoms with Gasteiger partial charge in [0.2, 0.25) is 5.79 Å². The van der Waals surface area contributed by atoms with Crippen LogP contribution in [0.3, 0.4) is 0 Å². The standard InChI is InChI=1S/C25H35FN2O6/c1-15-9-10-18-16(2)21(31-22-25(18)17(15)11-12-24(3,32-22)33-34-25)30-14-6-13-27-23(29)28-20-8-5-4-7-19(20)26/h4-5,7-8,15-18,21-22H,6,9-14H2,1-3H3,(H2,27,28,29)/t15-,16-,17+,18+,21-,22-,24+,25-/m1/s1. The third-order valence-electron chi connectivity index (χ3n) is 8.11. The van der Waals surface area contributed by atoms with Crippen LogP contribution in [-0.2, 0) is 24.0 Å². The van der Waals surface area contributed by atoms with Gasteiger partial charge in [-0.25, -0.2) is 19.0 Å². The van der Waals surface area contributed by atoms with Gasteiger partial charge in [-0.05, 0) is 56.6 Å². The molecule has 9 heteroatoms. The van der Waals surface area contributed by atoms with Crippen molar-refractivity contribution in [2.75, 3.05) is 18.5 Å². The number of carbonyl (C=O) groups excluding carboxylic acids is 1. The lowest BCUT2D eigenvalue weighted by Gasteiger charge is -2.60. The first-order chi connectivity index (χ1) is 16.3. The van der Waals surface area contributed by atoms with Crippen molar-refractivity contribution < 1.29 is 33.2 Å². The summed E-state index contributed by atoms with van der Waals surface area (Å²) < 4.78 is 32.5. The molecule has 1 saturated carbocycles. The van der Waals surface area contributed by atoms with Crippen LogP contribution in [0.2, 0.25) is 0 Å².